The Morgan fingerprint density at radius 2 is 2.35 bits per heavy atom. The number of rotatable bonds is 3. The standard InChI is InChI=1S/C14H22N2O3S/c1-14(2,3)19-13(17)16-6-4-5-11(8-16)18-9-12-7-15-10-20-12/h7,10-11H,4-6,8-9H2,1-3H3/t11-/m0/s1. The van der Waals surface area contributed by atoms with Gasteiger partial charge in [-0.2, -0.15) is 0 Å². The highest BCUT2D eigenvalue weighted by Gasteiger charge is 2.27. The molecule has 0 spiro atoms. The number of carbonyl (C=O) groups is 1. The Hall–Kier alpha value is -1.14. The molecule has 1 amide bonds. The van der Waals surface area contributed by atoms with E-state index in [4.69, 9.17) is 9.47 Å². The van der Waals surface area contributed by atoms with Crippen molar-refractivity contribution in [3.05, 3.63) is 16.6 Å². The van der Waals surface area contributed by atoms with E-state index in [1.807, 2.05) is 27.0 Å². The van der Waals surface area contributed by atoms with Gasteiger partial charge in [0.2, 0.25) is 0 Å². The molecule has 2 heterocycles. The van der Waals surface area contributed by atoms with Gasteiger partial charge >= 0.3 is 6.09 Å². The van der Waals surface area contributed by atoms with E-state index in [0.29, 0.717) is 13.2 Å². The summed E-state index contributed by atoms with van der Waals surface area (Å²) < 4.78 is 11.3. The molecule has 0 aliphatic carbocycles. The van der Waals surface area contributed by atoms with E-state index < -0.39 is 5.60 Å². The molecule has 5 nitrogen and oxygen atoms in total. The fourth-order valence-corrected chi connectivity index (χ4v) is 2.59. The van der Waals surface area contributed by atoms with Crippen molar-refractivity contribution in [3.63, 3.8) is 0 Å². The highest BCUT2D eigenvalue weighted by atomic mass is 32.1. The Bertz CT molecular complexity index is 428. The van der Waals surface area contributed by atoms with E-state index in [9.17, 15) is 4.79 Å². The van der Waals surface area contributed by atoms with Crippen molar-refractivity contribution >= 4 is 17.4 Å². The maximum Gasteiger partial charge on any atom is 0.410 e. The van der Waals surface area contributed by atoms with Crippen LogP contribution >= 0.6 is 11.3 Å². The smallest absolute Gasteiger partial charge is 0.410 e. The minimum atomic E-state index is -0.451. The normalized spacial score (nSPS) is 19.9. The zero-order valence-electron chi connectivity index (χ0n) is 12.3. The number of amides is 1. The van der Waals surface area contributed by atoms with Crippen molar-refractivity contribution < 1.29 is 14.3 Å². The molecule has 2 rings (SSSR count). The number of aromatic nitrogens is 1. The van der Waals surface area contributed by atoms with Gasteiger partial charge in [0.15, 0.2) is 0 Å². The summed E-state index contributed by atoms with van der Waals surface area (Å²) >= 11 is 1.59. The minimum absolute atomic E-state index is 0.0818. The van der Waals surface area contributed by atoms with Gasteiger partial charge in [-0.15, -0.1) is 11.3 Å². The van der Waals surface area contributed by atoms with Crippen LogP contribution in [-0.2, 0) is 16.1 Å². The molecule has 1 aliphatic heterocycles. The van der Waals surface area contributed by atoms with Gasteiger partial charge in [-0.1, -0.05) is 0 Å². The van der Waals surface area contributed by atoms with Crippen LogP contribution in [0.4, 0.5) is 4.79 Å². The Morgan fingerprint density at radius 1 is 1.55 bits per heavy atom. The van der Waals surface area contributed by atoms with Crippen LogP contribution in [0.1, 0.15) is 38.5 Å². The fourth-order valence-electron chi connectivity index (χ4n) is 2.08. The SMILES string of the molecule is CC(C)(C)OC(=O)N1CCC[C@H](OCc2cncs2)C1. The Morgan fingerprint density at radius 3 is 3.00 bits per heavy atom. The third kappa shape index (κ3) is 4.76. The van der Waals surface area contributed by atoms with Gasteiger partial charge in [-0.05, 0) is 33.6 Å². The number of thiazole rings is 1. The summed E-state index contributed by atoms with van der Waals surface area (Å²) in [6.07, 6.45) is 3.59. The average Bonchev–Trinajstić information content (AvgIpc) is 2.88. The van der Waals surface area contributed by atoms with Crippen LogP contribution in [0.3, 0.4) is 0 Å². The second kappa shape index (κ2) is 6.54. The highest BCUT2D eigenvalue weighted by molar-refractivity contribution is 7.09. The van der Waals surface area contributed by atoms with Crippen molar-refractivity contribution in [2.45, 2.75) is 51.9 Å². The second-order valence-electron chi connectivity index (χ2n) is 5.97. The lowest BCUT2D eigenvalue weighted by Crippen LogP contribution is -2.45. The van der Waals surface area contributed by atoms with Gasteiger partial charge in [0.05, 0.1) is 29.6 Å². The Labute approximate surface area is 123 Å². The van der Waals surface area contributed by atoms with Crippen molar-refractivity contribution in [2.24, 2.45) is 0 Å². The largest absolute Gasteiger partial charge is 0.444 e. The molecular weight excluding hydrogens is 276 g/mol. The lowest BCUT2D eigenvalue weighted by Gasteiger charge is -2.33. The molecule has 1 aliphatic rings. The first kappa shape index (κ1) is 15.3. The molecule has 20 heavy (non-hydrogen) atoms. The van der Waals surface area contributed by atoms with Crippen LogP contribution in [0.5, 0.6) is 0 Å². The van der Waals surface area contributed by atoms with Crippen LogP contribution in [0.2, 0.25) is 0 Å². The van der Waals surface area contributed by atoms with Crippen LogP contribution in [0, 0.1) is 0 Å². The molecular formula is C14H22N2O3S. The molecule has 0 saturated carbocycles. The minimum Gasteiger partial charge on any atom is -0.444 e. The number of hydrogen-bond donors (Lipinski definition) is 0. The van der Waals surface area contributed by atoms with Crippen molar-refractivity contribution in [2.75, 3.05) is 13.1 Å². The molecule has 1 saturated heterocycles. The van der Waals surface area contributed by atoms with Gasteiger partial charge < -0.3 is 14.4 Å². The summed E-state index contributed by atoms with van der Waals surface area (Å²) in [4.78, 5) is 18.9. The molecule has 1 aromatic rings. The number of nitrogens with zero attached hydrogens (tertiary/aromatic N) is 2. The second-order valence-corrected chi connectivity index (χ2v) is 6.94. The topological polar surface area (TPSA) is 51.7 Å². The maximum absolute atomic E-state index is 12.0. The Kier molecular flexibility index (Phi) is 4.99. The number of hydrogen-bond acceptors (Lipinski definition) is 5. The highest BCUT2D eigenvalue weighted by Crippen LogP contribution is 2.18. The first-order chi connectivity index (χ1) is 9.44. The van der Waals surface area contributed by atoms with Gasteiger partial charge in [0.25, 0.3) is 0 Å². The number of ether oxygens (including phenoxy) is 2. The van der Waals surface area contributed by atoms with Crippen LogP contribution in [0.25, 0.3) is 0 Å². The summed E-state index contributed by atoms with van der Waals surface area (Å²) in [6.45, 7) is 7.56. The van der Waals surface area contributed by atoms with Crippen LogP contribution in [0.15, 0.2) is 11.7 Å². The summed E-state index contributed by atoms with van der Waals surface area (Å²) in [5.41, 5.74) is 1.35. The predicted octanol–water partition coefficient (Wildman–Crippen LogP) is 3.06. The van der Waals surface area contributed by atoms with Gasteiger partial charge in [0.1, 0.15) is 5.60 Å². The third-order valence-corrected chi connectivity index (χ3v) is 3.73. The van der Waals surface area contributed by atoms with E-state index in [2.05, 4.69) is 4.98 Å². The molecule has 1 fully saturated rings. The summed E-state index contributed by atoms with van der Waals surface area (Å²) in [6, 6.07) is 0. The van der Waals surface area contributed by atoms with Gasteiger partial charge in [-0.3, -0.25) is 4.98 Å². The number of piperidine rings is 1. The van der Waals surface area contributed by atoms with Crippen LogP contribution < -0.4 is 0 Å². The van der Waals surface area contributed by atoms with Gasteiger partial charge in [0, 0.05) is 12.7 Å². The van der Waals surface area contributed by atoms with Crippen LogP contribution in [-0.4, -0.2) is 40.8 Å². The molecule has 6 heteroatoms. The van der Waals surface area contributed by atoms with Crippen molar-refractivity contribution in [1.82, 2.24) is 9.88 Å². The molecule has 0 aromatic carbocycles. The molecule has 1 aromatic heterocycles. The first-order valence-corrected chi connectivity index (χ1v) is 7.79. The predicted molar refractivity (Wildman–Crippen MR) is 77.7 cm³/mol. The maximum atomic E-state index is 12.0. The fraction of sp³-hybridized carbons (Fsp3) is 0.714. The summed E-state index contributed by atoms with van der Waals surface area (Å²) in [5.74, 6) is 0. The van der Waals surface area contributed by atoms with E-state index in [0.717, 1.165) is 24.3 Å². The molecule has 112 valence electrons. The molecule has 0 unspecified atom stereocenters. The zero-order chi connectivity index (χ0) is 14.6. The molecule has 1 atom stereocenters. The first-order valence-electron chi connectivity index (χ1n) is 6.91. The Balaban J connectivity index is 1.80. The van der Waals surface area contributed by atoms with E-state index in [-0.39, 0.29) is 12.2 Å². The van der Waals surface area contributed by atoms with E-state index in [1.54, 1.807) is 21.7 Å². The number of likely N-dealkylation sites (tertiary alicyclic amines) is 1. The van der Waals surface area contributed by atoms with Crippen molar-refractivity contribution in [1.29, 1.82) is 0 Å². The van der Waals surface area contributed by atoms with E-state index in [1.165, 1.54) is 0 Å². The lowest BCUT2D eigenvalue weighted by molar-refractivity contribution is -0.0253. The monoisotopic (exact) mass is 298 g/mol. The molecule has 0 radical (unpaired) electrons. The summed E-state index contributed by atoms with van der Waals surface area (Å²) in [7, 11) is 0. The van der Waals surface area contributed by atoms with E-state index >= 15 is 0 Å². The zero-order valence-corrected chi connectivity index (χ0v) is 13.1. The summed E-state index contributed by atoms with van der Waals surface area (Å²) in [5, 5.41) is 0. The lowest BCUT2D eigenvalue weighted by atomic mass is 10.1. The molecule has 0 bridgehead atoms. The third-order valence-electron chi connectivity index (χ3n) is 2.97. The number of carbonyl (C=O) groups excluding carboxylic acids is 1. The quantitative estimate of drug-likeness (QED) is 0.860. The van der Waals surface area contributed by atoms with Gasteiger partial charge in [-0.25, -0.2) is 4.79 Å². The molecule has 0 N–H and O–H groups in total. The van der Waals surface area contributed by atoms with Crippen molar-refractivity contribution in [3.8, 4) is 0 Å². The average molecular weight is 298 g/mol.